The molecule has 1 heterocycles. The number of hydrogen-bond donors (Lipinski definition) is 4. The summed E-state index contributed by atoms with van der Waals surface area (Å²) in [6.07, 6.45) is 43.6. The molecule has 0 aromatic rings. The molecule has 1 saturated heterocycles. The van der Waals surface area contributed by atoms with E-state index in [0.717, 1.165) is 83.5 Å². The smallest absolute Gasteiger partial charge is 0.306 e. The Hall–Kier alpha value is -2.37. The van der Waals surface area contributed by atoms with Crippen molar-refractivity contribution in [2.75, 3.05) is 26.4 Å². The molecule has 1 rings (SSSR count). The molecule has 328 valence electrons. The highest BCUT2D eigenvalue weighted by molar-refractivity contribution is 5.69. The van der Waals surface area contributed by atoms with E-state index < -0.39 is 43.4 Å². The molecule has 0 bridgehead atoms. The molecule has 4 N–H and O–H groups in total. The predicted molar refractivity (Wildman–Crippen MR) is 233 cm³/mol. The Labute approximate surface area is 347 Å². The molecule has 0 amide bonds. The Morgan fingerprint density at radius 1 is 0.579 bits per heavy atom. The third-order valence-corrected chi connectivity index (χ3v) is 9.89. The highest BCUT2D eigenvalue weighted by atomic mass is 16.7. The van der Waals surface area contributed by atoms with Gasteiger partial charge in [0.2, 0.25) is 0 Å². The molecule has 0 aromatic heterocycles. The molecule has 0 aliphatic carbocycles. The normalized spacial score (nSPS) is 21.1. The summed E-state index contributed by atoms with van der Waals surface area (Å²) in [6.45, 7) is 4.39. The Morgan fingerprint density at radius 2 is 1.07 bits per heavy atom. The third-order valence-electron chi connectivity index (χ3n) is 9.89. The van der Waals surface area contributed by atoms with Crippen LogP contribution < -0.4 is 0 Å². The Bertz CT molecular complexity index is 1100. The Morgan fingerprint density at radius 3 is 1.61 bits per heavy atom. The van der Waals surface area contributed by atoms with Crippen molar-refractivity contribution in [1.29, 1.82) is 0 Å². The first-order chi connectivity index (χ1) is 27.9. The SMILES string of the molecule is CC/C=C\C/C=C\C/C=C\C/C=C\C/C=C\C/C=C\CCCCCCCCC(=O)OC(COCCCCCCCCCCC)COC1OC(CO)C(O)C(O)C1O. The fourth-order valence-corrected chi connectivity index (χ4v) is 6.38. The van der Waals surface area contributed by atoms with Crippen LogP contribution in [0, 0.1) is 0 Å². The van der Waals surface area contributed by atoms with Crippen molar-refractivity contribution in [1.82, 2.24) is 0 Å². The molecule has 1 aliphatic heterocycles. The summed E-state index contributed by atoms with van der Waals surface area (Å²) in [5.41, 5.74) is 0. The van der Waals surface area contributed by atoms with E-state index >= 15 is 0 Å². The van der Waals surface area contributed by atoms with Crippen LogP contribution in [0.1, 0.15) is 162 Å². The van der Waals surface area contributed by atoms with Gasteiger partial charge in [-0.3, -0.25) is 4.79 Å². The summed E-state index contributed by atoms with van der Waals surface area (Å²) in [5, 5.41) is 40.0. The van der Waals surface area contributed by atoms with E-state index in [1.54, 1.807) is 0 Å². The topological polar surface area (TPSA) is 135 Å². The van der Waals surface area contributed by atoms with Crippen molar-refractivity contribution >= 4 is 5.97 Å². The maximum Gasteiger partial charge on any atom is 0.306 e. The lowest BCUT2D eigenvalue weighted by molar-refractivity contribution is -0.305. The van der Waals surface area contributed by atoms with Crippen molar-refractivity contribution in [3.05, 3.63) is 72.9 Å². The molecule has 0 aromatic carbocycles. The first-order valence-electron chi connectivity index (χ1n) is 22.5. The number of ether oxygens (including phenoxy) is 4. The number of unbranched alkanes of at least 4 members (excludes halogenated alkanes) is 14. The molecule has 0 spiro atoms. The van der Waals surface area contributed by atoms with Gasteiger partial charge in [-0.05, 0) is 64.2 Å². The molecule has 0 saturated carbocycles. The van der Waals surface area contributed by atoms with E-state index in [2.05, 4.69) is 86.8 Å². The number of rotatable bonds is 37. The van der Waals surface area contributed by atoms with Crippen LogP contribution in [0.25, 0.3) is 0 Å². The molecular formula is C48H82O9. The highest BCUT2D eigenvalue weighted by Crippen LogP contribution is 2.22. The second-order valence-corrected chi connectivity index (χ2v) is 15.1. The van der Waals surface area contributed by atoms with Gasteiger partial charge in [0.1, 0.15) is 30.5 Å². The number of carbonyl (C=O) groups is 1. The zero-order valence-corrected chi connectivity index (χ0v) is 35.8. The highest BCUT2D eigenvalue weighted by Gasteiger charge is 2.44. The summed E-state index contributed by atoms with van der Waals surface area (Å²) in [4.78, 5) is 12.8. The number of aliphatic hydroxyl groups excluding tert-OH is 4. The molecule has 6 atom stereocenters. The van der Waals surface area contributed by atoms with Crippen LogP contribution >= 0.6 is 0 Å². The number of hydrogen-bond acceptors (Lipinski definition) is 9. The number of carbonyl (C=O) groups excluding carboxylic acids is 1. The number of allylic oxidation sites excluding steroid dienone is 12. The van der Waals surface area contributed by atoms with Gasteiger partial charge in [-0.25, -0.2) is 0 Å². The second-order valence-electron chi connectivity index (χ2n) is 15.1. The van der Waals surface area contributed by atoms with Gasteiger partial charge in [0.05, 0.1) is 19.8 Å². The third kappa shape index (κ3) is 30.4. The van der Waals surface area contributed by atoms with Crippen molar-refractivity contribution < 1.29 is 44.2 Å². The average molecular weight is 803 g/mol. The van der Waals surface area contributed by atoms with E-state index in [9.17, 15) is 25.2 Å². The monoisotopic (exact) mass is 803 g/mol. The number of aliphatic hydroxyl groups is 4. The van der Waals surface area contributed by atoms with Gasteiger partial charge >= 0.3 is 5.97 Å². The summed E-state index contributed by atoms with van der Waals surface area (Å²) in [7, 11) is 0. The lowest BCUT2D eigenvalue weighted by atomic mass is 9.99. The standard InChI is InChI=1S/C48H82O9/c1-3-5-7-9-11-13-14-15-16-17-18-19-20-21-22-23-24-25-26-27-28-29-31-33-35-37-44(50)56-42(40-54-38-36-34-32-30-12-10-8-6-4-2)41-55-48-47(53)46(52)45(51)43(39-49)57-48/h5,7,11,13,15-16,18-19,21-22,24-25,42-43,45-49,51-53H,3-4,6,8-10,12,14,17,20,23,26-41H2,1-2H3/b7-5-,13-11-,16-15-,19-18-,22-21-,25-24-. The van der Waals surface area contributed by atoms with Gasteiger partial charge in [-0.15, -0.1) is 0 Å². The number of esters is 1. The van der Waals surface area contributed by atoms with Gasteiger partial charge in [0, 0.05) is 13.0 Å². The zero-order chi connectivity index (χ0) is 41.4. The Balaban J connectivity index is 2.22. The van der Waals surface area contributed by atoms with Gasteiger partial charge < -0.3 is 39.4 Å². The van der Waals surface area contributed by atoms with Crippen molar-refractivity contribution in [3.8, 4) is 0 Å². The fraction of sp³-hybridized carbons (Fsp3) is 0.729. The summed E-state index contributed by atoms with van der Waals surface area (Å²) >= 11 is 0. The van der Waals surface area contributed by atoms with E-state index in [1.807, 2.05) is 0 Å². The van der Waals surface area contributed by atoms with Crippen LogP contribution in [0.3, 0.4) is 0 Å². The van der Waals surface area contributed by atoms with E-state index in [1.165, 1.54) is 57.8 Å². The van der Waals surface area contributed by atoms with Crippen molar-refractivity contribution in [2.45, 2.75) is 198 Å². The van der Waals surface area contributed by atoms with E-state index in [0.29, 0.717) is 13.0 Å². The second kappa shape index (κ2) is 39.1. The largest absolute Gasteiger partial charge is 0.457 e. The molecule has 0 radical (unpaired) electrons. The van der Waals surface area contributed by atoms with E-state index in [4.69, 9.17) is 18.9 Å². The van der Waals surface area contributed by atoms with Gasteiger partial charge in [0.15, 0.2) is 6.29 Å². The molecule has 6 unspecified atom stereocenters. The van der Waals surface area contributed by atoms with Gasteiger partial charge in [0.25, 0.3) is 0 Å². The summed E-state index contributed by atoms with van der Waals surface area (Å²) in [5.74, 6) is -0.332. The lowest BCUT2D eigenvalue weighted by Gasteiger charge is -2.39. The zero-order valence-electron chi connectivity index (χ0n) is 35.8. The molecular weight excluding hydrogens is 721 g/mol. The molecule has 9 nitrogen and oxygen atoms in total. The van der Waals surface area contributed by atoms with Gasteiger partial charge in [-0.1, -0.05) is 164 Å². The molecule has 1 fully saturated rings. The lowest BCUT2D eigenvalue weighted by Crippen LogP contribution is -2.59. The van der Waals surface area contributed by atoms with Crippen molar-refractivity contribution in [2.24, 2.45) is 0 Å². The fourth-order valence-electron chi connectivity index (χ4n) is 6.38. The van der Waals surface area contributed by atoms with E-state index in [-0.39, 0.29) is 19.2 Å². The van der Waals surface area contributed by atoms with Crippen LogP contribution in [0.2, 0.25) is 0 Å². The molecule has 9 heteroatoms. The quantitative estimate of drug-likeness (QED) is 0.0275. The van der Waals surface area contributed by atoms with Crippen LogP contribution in [-0.4, -0.2) is 89.6 Å². The molecule has 57 heavy (non-hydrogen) atoms. The van der Waals surface area contributed by atoms with Gasteiger partial charge in [-0.2, -0.15) is 0 Å². The minimum Gasteiger partial charge on any atom is -0.457 e. The molecule has 1 aliphatic rings. The van der Waals surface area contributed by atoms with Crippen LogP contribution in [-0.2, 0) is 23.7 Å². The van der Waals surface area contributed by atoms with Crippen LogP contribution in [0.4, 0.5) is 0 Å². The maximum absolute atomic E-state index is 12.8. The van der Waals surface area contributed by atoms with Crippen molar-refractivity contribution in [3.63, 3.8) is 0 Å². The maximum atomic E-state index is 12.8. The summed E-state index contributed by atoms with van der Waals surface area (Å²) in [6, 6.07) is 0. The first kappa shape index (κ1) is 52.6. The minimum atomic E-state index is -1.54. The van der Waals surface area contributed by atoms with Crippen LogP contribution in [0.5, 0.6) is 0 Å². The van der Waals surface area contributed by atoms with Crippen LogP contribution in [0.15, 0.2) is 72.9 Å². The Kier molecular flexibility index (Phi) is 36.1. The predicted octanol–water partition coefficient (Wildman–Crippen LogP) is 10.1. The first-order valence-corrected chi connectivity index (χ1v) is 22.5. The summed E-state index contributed by atoms with van der Waals surface area (Å²) < 4.78 is 22.7. The average Bonchev–Trinajstić information content (AvgIpc) is 3.21. The minimum absolute atomic E-state index is 0.122.